The van der Waals surface area contributed by atoms with E-state index in [1.54, 1.807) is 0 Å². The van der Waals surface area contributed by atoms with E-state index in [1.807, 2.05) is 24.3 Å². The van der Waals surface area contributed by atoms with Crippen molar-refractivity contribution in [2.75, 3.05) is 0 Å². The Hall–Kier alpha value is -2.87. The van der Waals surface area contributed by atoms with Gasteiger partial charge in [-0.1, -0.05) is 66.2 Å². The lowest BCUT2D eigenvalue weighted by Crippen LogP contribution is -2.27. The minimum atomic E-state index is -0.236. The zero-order valence-electron chi connectivity index (χ0n) is 15.2. The summed E-state index contributed by atoms with van der Waals surface area (Å²) in [6, 6.07) is 22.8. The van der Waals surface area contributed by atoms with E-state index in [1.165, 1.54) is 16.7 Å². The Morgan fingerprint density at radius 2 is 1.65 bits per heavy atom. The van der Waals surface area contributed by atoms with E-state index in [9.17, 15) is 4.79 Å². The van der Waals surface area contributed by atoms with Crippen molar-refractivity contribution in [3.63, 3.8) is 0 Å². The van der Waals surface area contributed by atoms with Gasteiger partial charge < -0.3 is 4.74 Å². The molecule has 26 heavy (non-hydrogen) atoms. The molecule has 0 saturated heterocycles. The highest BCUT2D eigenvalue weighted by Gasteiger charge is 2.31. The van der Waals surface area contributed by atoms with Gasteiger partial charge in [-0.25, -0.2) is 0 Å². The van der Waals surface area contributed by atoms with Gasteiger partial charge in [0.25, 0.3) is 0 Å². The first-order valence-corrected chi connectivity index (χ1v) is 9.05. The van der Waals surface area contributed by atoms with Crippen molar-refractivity contribution in [2.24, 2.45) is 0 Å². The molecule has 1 aliphatic rings. The monoisotopic (exact) mass is 342 g/mol. The molecule has 0 N–H and O–H groups in total. The van der Waals surface area contributed by atoms with E-state index in [4.69, 9.17) is 4.74 Å². The average Bonchev–Trinajstić information content (AvgIpc) is 2.63. The summed E-state index contributed by atoms with van der Waals surface area (Å²) in [6.45, 7) is 4.10. The summed E-state index contributed by atoms with van der Waals surface area (Å²) >= 11 is 0. The summed E-state index contributed by atoms with van der Waals surface area (Å²) in [6.07, 6.45) is 1.54. The maximum Gasteiger partial charge on any atom is 0.319 e. The first-order valence-electron chi connectivity index (χ1n) is 9.05. The van der Waals surface area contributed by atoms with Gasteiger partial charge in [-0.3, -0.25) is 4.79 Å². The molecule has 1 atom stereocenters. The average molecular weight is 342 g/mol. The molecule has 2 nitrogen and oxygen atoms in total. The molecule has 0 radical (unpaired) electrons. The zero-order valence-corrected chi connectivity index (χ0v) is 15.2. The number of hydrogen-bond acceptors (Lipinski definition) is 2. The third-order valence-corrected chi connectivity index (χ3v) is 5.07. The summed E-state index contributed by atoms with van der Waals surface area (Å²) in [4.78, 5) is 12.6. The third kappa shape index (κ3) is 3.28. The summed E-state index contributed by atoms with van der Waals surface area (Å²) in [5, 5.41) is 0. The molecular formula is C24H22O2. The topological polar surface area (TPSA) is 26.3 Å². The van der Waals surface area contributed by atoms with Crippen LogP contribution in [0.2, 0.25) is 0 Å². The second kappa shape index (κ2) is 6.80. The van der Waals surface area contributed by atoms with Crippen LogP contribution in [-0.4, -0.2) is 5.97 Å². The Morgan fingerprint density at radius 3 is 2.38 bits per heavy atom. The van der Waals surface area contributed by atoms with Crippen molar-refractivity contribution in [1.82, 2.24) is 0 Å². The number of esters is 1. The number of rotatable bonds is 3. The van der Waals surface area contributed by atoms with Crippen molar-refractivity contribution >= 4 is 5.97 Å². The maximum atomic E-state index is 12.6. The SMILES string of the molecule is Cc1ccc(C2Cc3c(Cc4ccccc4)cc(C)cc3OC2=O)cc1. The van der Waals surface area contributed by atoms with Crippen LogP contribution in [-0.2, 0) is 17.6 Å². The molecular weight excluding hydrogens is 320 g/mol. The van der Waals surface area contributed by atoms with Crippen molar-refractivity contribution in [1.29, 1.82) is 0 Å². The van der Waals surface area contributed by atoms with Crippen molar-refractivity contribution < 1.29 is 9.53 Å². The molecule has 0 fully saturated rings. The van der Waals surface area contributed by atoms with E-state index in [-0.39, 0.29) is 11.9 Å². The third-order valence-electron chi connectivity index (χ3n) is 5.07. The number of fused-ring (bicyclic) bond motifs is 1. The molecule has 4 rings (SSSR count). The zero-order chi connectivity index (χ0) is 18.1. The van der Waals surface area contributed by atoms with Crippen molar-refractivity contribution in [3.8, 4) is 5.75 Å². The highest BCUT2D eigenvalue weighted by molar-refractivity contribution is 5.83. The number of carbonyl (C=O) groups excluding carboxylic acids is 1. The Bertz CT molecular complexity index is 940. The van der Waals surface area contributed by atoms with Gasteiger partial charge in [-0.05, 0) is 60.6 Å². The first-order chi connectivity index (χ1) is 12.6. The van der Waals surface area contributed by atoms with Gasteiger partial charge in [0.15, 0.2) is 0 Å². The Balaban J connectivity index is 1.72. The summed E-state index contributed by atoms with van der Waals surface area (Å²) in [5.74, 6) is 0.335. The van der Waals surface area contributed by atoms with Gasteiger partial charge in [0.1, 0.15) is 5.75 Å². The number of ether oxygens (including phenoxy) is 1. The fourth-order valence-corrected chi connectivity index (χ4v) is 3.67. The summed E-state index contributed by atoms with van der Waals surface area (Å²) < 4.78 is 5.75. The Labute approximate surface area is 154 Å². The van der Waals surface area contributed by atoms with E-state index >= 15 is 0 Å². The smallest absolute Gasteiger partial charge is 0.319 e. The number of benzene rings is 3. The molecule has 3 aromatic carbocycles. The fraction of sp³-hybridized carbons (Fsp3) is 0.208. The van der Waals surface area contributed by atoms with Crippen LogP contribution in [0.25, 0.3) is 0 Å². The van der Waals surface area contributed by atoms with E-state index in [2.05, 4.69) is 56.3 Å². The largest absolute Gasteiger partial charge is 0.426 e. The number of aryl methyl sites for hydroxylation is 2. The number of hydrogen-bond donors (Lipinski definition) is 0. The highest BCUT2D eigenvalue weighted by atomic mass is 16.5. The van der Waals surface area contributed by atoms with Crippen LogP contribution in [0.3, 0.4) is 0 Å². The van der Waals surface area contributed by atoms with Gasteiger partial charge >= 0.3 is 5.97 Å². The molecule has 0 amide bonds. The van der Waals surface area contributed by atoms with E-state index in [0.717, 1.165) is 28.9 Å². The summed E-state index contributed by atoms with van der Waals surface area (Å²) in [5.41, 5.74) is 7.01. The summed E-state index contributed by atoms with van der Waals surface area (Å²) in [7, 11) is 0. The van der Waals surface area contributed by atoms with E-state index in [0.29, 0.717) is 6.42 Å². The van der Waals surface area contributed by atoms with Crippen LogP contribution >= 0.6 is 0 Å². The lowest BCUT2D eigenvalue weighted by atomic mass is 9.85. The molecule has 1 aliphatic heterocycles. The van der Waals surface area contributed by atoms with Crippen LogP contribution in [0.15, 0.2) is 66.7 Å². The molecule has 1 unspecified atom stereocenters. The first kappa shape index (κ1) is 16.6. The lowest BCUT2D eigenvalue weighted by Gasteiger charge is -2.26. The molecule has 0 aromatic heterocycles. The van der Waals surface area contributed by atoms with Crippen LogP contribution in [0.4, 0.5) is 0 Å². The van der Waals surface area contributed by atoms with Crippen molar-refractivity contribution in [2.45, 2.75) is 32.6 Å². The molecule has 2 heteroatoms. The Kier molecular flexibility index (Phi) is 4.34. The van der Waals surface area contributed by atoms with Gasteiger partial charge in [0.05, 0.1) is 5.92 Å². The molecule has 0 saturated carbocycles. The molecule has 0 bridgehead atoms. The molecule has 0 spiro atoms. The van der Waals surface area contributed by atoms with Gasteiger partial charge in [-0.2, -0.15) is 0 Å². The molecule has 1 heterocycles. The molecule has 0 aliphatic carbocycles. The van der Waals surface area contributed by atoms with E-state index < -0.39 is 0 Å². The standard InChI is InChI=1S/C24H22O2/c1-16-8-10-19(11-9-16)22-15-21-20(14-18-6-4-3-5-7-18)12-17(2)13-23(21)26-24(22)25/h3-13,22H,14-15H2,1-2H3. The lowest BCUT2D eigenvalue weighted by molar-refractivity contribution is -0.137. The molecule has 3 aromatic rings. The Morgan fingerprint density at radius 1 is 0.923 bits per heavy atom. The van der Waals surface area contributed by atoms with Crippen LogP contribution in [0.5, 0.6) is 5.75 Å². The van der Waals surface area contributed by atoms with Crippen molar-refractivity contribution in [3.05, 3.63) is 100 Å². The van der Waals surface area contributed by atoms with Gasteiger partial charge in [0, 0.05) is 0 Å². The second-order valence-corrected chi connectivity index (χ2v) is 7.15. The second-order valence-electron chi connectivity index (χ2n) is 7.15. The van der Waals surface area contributed by atoms with Crippen LogP contribution in [0.1, 0.15) is 39.3 Å². The normalized spacial score (nSPS) is 16.1. The maximum absolute atomic E-state index is 12.6. The van der Waals surface area contributed by atoms with Crippen LogP contribution < -0.4 is 4.74 Å². The minimum absolute atomic E-state index is 0.155. The minimum Gasteiger partial charge on any atom is -0.426 e. The highest BCUT2D eigenvalue weighted by Crippen LogP contribution is 2.37. The van der Waals surface area contributed by atoms with Gasteiger partial charge in [-0.15, -0.1) is 0 Å². The predicted octanol–water partition coefficient (Wildman–Crippen LogP) is 5.14. The number of carbonyl (C=O) groups is 1. The fourth-order valence-electron chi connectivity index (χ4n) is 3.67. The quantitative estimate of drug-likeness (QED) is 0.487. The molecule has 130 valence electrons. The van der Waals surface area contributed by atoms with Gasteiger partial charge in [0.2, 0.25) is 0 Å². The predicted molar refractivity (Wildman–Crippen MR) is 104 cm³/mol. The van der Waals surface area contributed by atoms with Crippen LogP contribution in [0, 0.1) is 13.8 Å².